The van der Waals surface area contributed by atoms with Crippen molar-refractivity contribution in [3.63, 3.8) is 0 Å². The van der Waals surface area contributed by atoms with Crippen molar-refractivity contribution in [2.75, 3.05) is 20.8 Å². The van der Waals surface area contributed by atoms with Crippen molar-refractivity contribution in [3.8, 4) is 0 Å². The molecule has 1 amide bonds. The zero-order valence-electron chi connectivity index (χ0n) is 11.2. The van der Waals surface area contributed by atoms with Crippen LogP contribution in [-0.2, 0) is 20.1 Å². The van der Waals surface area contributed by atoms with E-state index in [0.717, 1.165) is 12.0 Å². The van der Waals surface area contributed by atoms with E-state index in [4.69, 9.17) is 9.47 Å². The zero-order chi connectivity index (χ0) is 13.4. The largest absolute Gasteiger partial charge is 0.356 e. The third-order valence-corrected chi connectivity index (χ3v) is 2.93. The average Bonchev–Trinajstić information content (AvgIpc) is 2.40. The summed E-state index contributed by atoms with van der Waals surface area (Å²) in [5, 5.41) is 2.77. The maximum absolute atomic E-state index is 10.8. The summed E-state index contributed by atoms with van der Waals surface area (Å²) in [5.41, 5.74) is 0.984. The molecule has 0 saturated heterocycles. The highest BCUT2D eigenvalue weighted by Crippen LogP contribution is 2.30. The number of benzene rings is 1. The van der Waals surface area contributed by atoms with Gasteiger partial charge in [0.1, 0.15) is 0 Å². The molecule has 0 aromatic heterocycles. The minimum Gasteiger partial charge on any atom is -0.356 e. The van der Waals surface area contributed by atoms with E-state index >= 15 is 0 Å². The highest BCUT2D eigenvalue weighted by Gasteiger charge is 2.31. The number of rotatable bonds is 7. The van der Waals surface area contributed by atoms with Crippen LogP contribution < -0.4 is 5.32 Å². The number of ether oxygens (including phenoxy) is 2. The monoisotopic (exact) mass is 251 g/mol. The van der Waals surface area contributed by atoms with Gasteiger partial charge in [-0.1, -0.05) is 30.3 Å². The Hall–Kier alpha value is -1.39. The number of carbonyl (C=O) groups is 1. The molecule has 4 heteroatoms. The van der Waals surface area contributed by atoms with Crippen LogP contribution >= 0.6 is 0 Å². The van der Waals surface area contributed by atoms with Crippen molar-refractivity contribution >= 4 is 5.91 Å². The van der Waals surface area contributed by atoms with E-state index in [2.05, 4.69) is 5.32 Å². The molecule has 0 saturated carbocycles. The van der Waals surface area contributed by atoms with E-state index in [1.165, 1.54) is 6.92 Å². The summed E-state index contributed by atoms with van der Waals surface area (Å²) in [5.74, 6) is -0.755. The van der Waals surface area contributed by atoms with Gasteiger partial charge in [0.15, 0.2) is 5.79 Å². The molecule has 0 spiro atoms. The third kappa shape index (κ3) is 3.82. The lowest BCUT2D eigenvalue weighted by Gasteiger charge is -2.31. The van der Waals surface area contributed by atoms with Crippen molar-refractivity contribution < 1.29 is 14.3 Å². The normalized spacial score (nSPS) is 11.3. The second kappa shape index (κ2) is 7.13. The predicted molar refractivity (Wildman–Crippen MR) is 70.1 cm³/mol. The second-order valence-corrected chi connectivity index (χ2v) is 4.11. The van der Waals surface area contributed by atoms with Gasteiger partial charge in [0.25, 0.3) is 0 Å². The van der Waals surface area contributed by atoms with Gasteiger partial charge in [-0.3, -0.25) is 4.79 Å². The summed E-state index contributed by atoms with van der Waals surface area (Å²) in [6.07, 6.45) is 1.47. The van der Waals surface area contributed by atoms with Crippen LogP contribution in [0.25, 0.3) is 0 Å². The lowest BCUT2D eigenvalue weighted by atomic mass is 10.0. The summed E-state index contributed by atoms with van der Waals surface area (Å²) in [6.45, 7) is 2.13. The fourth-order valence-corrected chi connectivity index (χ4v) is 1.95. The molecule has 0 heterocycles. The summed E-state index contributed by atoms with van der Waals surface area (Å²) in [7, 11) is 3.27. The lowest BCUT2D eigenvalue weighted by molar-refractivity contribution is -0.220. The van der Waals surface area contributed by atoms with Gasteiger partial charge in [0, 0.05) is 39.7 Å². The molecular weight excluding hydrogens is 230 g/mol. The van der Waals surface area contributed by atoms with Gasteiger partial charge in [-0.15, -0.1) is 0 Å². The fourth-order valence-electron chi connectivity index (χ4n) is 1.95. The number of nitrogens with one attached hydrogen (secondary N) is 1. The number of hydrogen-bond acceptors (Lipinski definition) is 3. The maximum atomic E-state index is 10.8. The van der Waals surface area contributed by atoms with Crippen LogP contribution in [0.2, 0.25) is 0 Å². The van der Waals surface area contributed by atoms with Gasteiger partial charge in [0.05, 0.1) is 0 Å². The number of hydrogen-bond donors (Lipinski definition) is 1. The first-order valence-electron chi connectivity index (χ1n) is 6.05. The van der Waals surface area contributed by atoms with Crippen LogP contribution in [0.5, 0.6) is 0 Å². The molecule has 0 aliphatic carbocycles. The standard InChI is InChI=1S/C14H21NO3/c1-12(16)15-11-7-10-14(17-2,18-3)13-8-5-4-6-9-13/h4-6,8-9H,7,10-11H2,1-3H3,(H,15,16). The quantitative estimate of drug-likeness (QED) is 0.596. The van der Waals surface area contributed by atoms with Gasteiger partial charge in [-0.05, 0) is 6.42 Å². The summed E-state index contributed by atoms with van der Waals surface area (Å²) in [6, 6.07) is 9.82. The molecule has 0 bridgehead atoms. The Morgan fingerprint density at radius 2 is 1.83 bits per heavy atom. The van der Waals surface area contributed by atoms with Crippen molar-refractivity contribution in [1.29, 1.82) is 0 Å². The molecule has 18 heavy (non-hydrogen) atoms. The first-order valence-corrected chi connectivity index (χ1v) is 6.05. The molecule has 0 fully saturated rings. The Morgan fingerprint density at radius 1 is 1.22 bits per heavy atom. The van der Waals surface area contributed by atoms with Crippen LogP contribution in [-0.4, -0.2) is 26.7 Å². The third-order valence-electron chi connectivity index (χ3n) is 2.93. The highest BCUT2D eigenvalue weighted by molar-refractivity contribution is 5.72. The van der Waals surface area contributed by atoms with E-state index in [1.54, 1.807) is 14.2 Å². The summed E-state index contributed by atoms with van der Waals surface area (Å²) in [4.78, 5) is 10.8. The predicted octanol–water partition coefficient (Wildman–Crippen LogP) is 2.05. The van der Waals surface area contributed by atoms with Gasteiger partial charge in [0.2, 0.25) is 5.91 Å². The molecule has 0 atom stereocenters. The average molecular weight is 251 g/mol. The molecule has 0 aliphatic heterocycles. The van der Waals surface area contributed by atoms with Crippen molar-refractivity contribution in [2.24, 2.45) is 0 Å². The minimum atomic E-state index is -0.736. The Morgan fingerprint density at radius 3 is 2.33 bits per heavy atom. The van der Waals surface area contributed by atoms with Crippen LogP contribution in [0, 0.1) is 0 Å². The second-order valence-electron chi connectivity index (χ2n) is 4.11. The Balaban J connectivity index is 2.66. The maximum Gasteiger partial charge on any atom is 0.216 e. The molecule has 1 rings (SSSR count). The summed E-state index contributed by atoms with van der Waals surface area (Å²) >= 11 is 0. The van der Waals surface area contributed by atoms with E-state index in [0.29, 0.717) is 13.0 Å². The van der Waals surface area contributed by atoms with Gasteiger partial charge < -0.3 is 14.8 Å². The summed E-state index contributed by atoms with van der Waals surface area (Å²) < 4.78 is 11.1. The van der Waals surface area contributed by atoms with Crippen molar-refractivity contribution in [2.45, 2.75) is 25.6 Å². The first kappa shape index (κ1) is 14.7. The van der Waals surface area contributed by atoms with Crippen LogP contribution in [0.3, 0.4) is 0 Å². The first-order chi connectivity index (χ1) is 8.64. The van der Waals surface area contributed by atoms with Gasteiger partial charge >= 0.3 is 0 Å². The highest BCUT2D eigenvalue weighted by atomic mass is 16.7. The van der Waals surface area contributed by atoms with Crippen LogP contribution in [0.4, 0.5) is 0 Å². The minimum absolute atomic E-state index is 0.0184. The Kier molecular flexibility index (Phi) is 5.82. The SMILES string of the molecule is COC(CCCNC(C)=O)(OC)c1ccccc1. The molecule has 1 aromatic carbocycles. The number of amides is 1. The number of carbonyl (C=O) groups excluding carboxylic acids is 1. The van der Waals surface area contributed by atoms with Crippen molar-refractivity contribution in [1.82, 2.24) is 5.32 Å². The smallest absolute Gasteiger partial charge is 0.216 e. The van der Waals surface area contributed by atoms with E-state index in [1.807, 2.05) is 30.3 Å². The van der Waals surface area contributed by atoms with Crippen molar-refractivity contribution in [3.05, 3.63) is 35.9 Å². The van der Waals surface area contributed by atoms with Crippen LogP contribution in [0.15, 0.2) is 30.3 Å². The van der Waals surface area contributed by atoms with E-state index in [-0.39, 0.29) is 5.91 Å². The zero-order valence-corrected chi connectivity index (χ0v) is 11.2. The Bertz CT molecular complexity index is 361. The number of methoxy groups -OCH3 is 2. The Labute approximate surface area is 108 Å². The molecule has 4 nitrogen and oxygen atoms in total. The molecule has 0 aliphatic rings. The van der Waals surface area contributed by atoms with Crippen LogP contribution in [0.1, 0.15) is 25.3 Å². The fraction of sp³-hybridized carbons (Fsp3) is 0.500. The molecule has 0 radical (unpaired) electrons. The molecule has 1 aromatic rings. The molecular formula is C14H21NO3. The molecule has 0 unspecified atom stereocenters. The molecule has 1 N–H and O–H groups in total. The van der Waals surface area contributed by atoms with Gasteiger partial charge in [-0.25, -0.2) is 0 Å². The topological polar surface area (TPSA) is 47.6 Å². The molecule has 100 valence electrons. The lowest BCUT2D eigenvalue weighted by Crippen LogP contribution is -2.32. The van der Waals surface area contributed by atoms with E-state index in [9.17, 15) is 4.79 Å². The van der Waals surface area contributed by atoms with Gasteiger partial charge in [-0.2, -0.15) is 0 Å². The van der Waals surface area contributed by atoms with E-state index < -0.39 is 5.79 Å².